The van der Waals surface area contributed by atoms with Crippen LogP contribution in [0.1, 0.15) is 44.0 Å². The van der Waals surface area contributed by atoms with Crippen molar-refractivity contribution in [3.8, 4) is 5.69 Å². The van der Waals surface area contributed by atoms with Crippen LogP contribution in [0.3, 0.4) is 0 Å². The van der Waals surface area contributed by atoms with E-state index in [1.807, 2.05) is 0 Å². The molecule has 0 radical (unpaired) electrons. The number of hydrogen-bond donors (Lipinski definition) is 1. The summed E-state index contributed by atoms with van der Waals surface area (Å²) in [6.45, 7) is 4.56. The highest BCUT2D eigenvalue weighted by Gasteiger charge is 2.20. The molecule has 2 aromatic rings. The molecule has 0 amide bonds. The Labute approximate surface area is 122 Å². The fraction of sp³-hybridized carbons (Fsp3) is 0.429. The van der Waals surface area contributed by atoms with Gasteiger partial charge in [0.1, 0.15) is 11.5 Å². The van der Waals surface area contributed by atoms with Gasteiger partial charge in [-0.25, -0.2) is 9.07 Å². The molecule has 0 saturated carbocycles. The molecule has 0 atom stereocenters. The van der Waals surface area contributed by atoms with Crippen LogP contribution < -0.4 is 5.73 Å². The van der Waals surface area contributed by atoms with Crippen molar-refractivity contribution in [2.75, 3.05) is 0 Å². The van der Waals surface area contributed by atoms with Gasteiger partial charge in [0.2, 0.25) is 0 Å². The third-order valence-electron chi connectivity index (χ3n) is 3.49. The van der Waals surface area contributed by atoms with E-state index >= 15 is 0 Å². The Kier molecular flexibility index (Phi) is 4.73. The van der Waals surface area contributed by atoms with E-state index < -0.39 is 5.82 Å². The lowest BCUT2D eigenvalue weighted by Gasteiger charge is -2.16. The summed E-state index contributed by atoms with van der Waals surface area (Å²) in [7, 11) is 0. The lowest BCUT2D eigenvalue weighted by molar-refractivity contribution is 0.589. The summed E-state index contributed by atoms with van der Waals surface area (Å²) in [5.74, 6) is -0.133. The van der Waals surface area contributed by atoms with Crippen LogP contribution in [0, 0.1) is 5.82 Å². The number of aromatic nitrogens is 3. The minimum absolute atomic E-state index is 0.0720. The zero-order valence-corrected chi connectivity index (χ0v) is 12.4. The smallest absolute Gasteiger partial charge is 0.141 e. The molecule has 0 fully saturated rings. The van der Waals surface area contributed by atoms with Gasteiger partial charge in [0.05, 0.1) is 16.4 Å². The Morgan fingerprint density at radius 1 is 1.35 bits per heavy atom. The Bertz CT molecular complexity index is 593. The van der Waals surface area contributed by atoms with Crippen LogP contribution in [0.4, 0.5) is 4.39 Å². The van der Waals surface area contributed by atoms with E-state index in [-0.39, 0.29) is 5.02 Å². The zero-order chi connectivity index (χ0) is 14.7. The Hall–Kier alpha value is -1.46. The van der Waals surface area contributed by atoms with Gasteiger partial charge >= 0.3 is 0 Å². The maximum Gasteiger partial charge on any atom is 0.141 e. The van der Waals surface area contributed by atoms with Gasteiger partial charge in [-0.1, -0.05) is 30.7 Å². The predicted molar refractivity (Wildman–Crippen MR) is 77.5 cm³/mol. The van der Waals surface area contributed by atoms with Crippen LogP contribution in [0.15, 0.2) is 18.2 Å². The van der Waals surface area contributed by atoms with E-state index in [1.165, 1.54) is 6.07 Å². The second-order valence-electron chi connectivity index (χ2n) is 4.65. The third kappa shape index (κ3) is 2.69. The highest BCUT2D eigenvalue weighted by Crippen LogP contribution is 2.28. The van der Waals surface area contributed by atoms with Crippen LogP contribution in [-0.2, 0) is 6.54 Å². The minimum atomic E-state index is -0.446. The number of halogens is 2. The van der Waals surface area contributed by atoms with Gasteiger partial charge < -0.3 is 5.73 Å². The fourth-order valence-electron chi connectivity index (χ4n) is 2.36. The van der Waals surface area contributed by atoms with Gasteiger partial charge in [-0.15, -0.1) is 5.10 Å². The normalized spacial score (nSPS) is 11.3. The van der Waals surface area contributed by atoms with Gasteiger partial charge in [-0.05, 0) is 31.0 Å². The van der Waals surface area contributed by atoms with Crippen molar-refractivity contribution in [1.29, 1.82) is 0 Å². The van der Waals surface area contributed by atoms with E-state index in [4.69, 9.17) is 17.3 Å². The van der Waals surface area contributed by atoms with Gasteiger partial charge in [0.15, 0.2) is 0 Å². The SMILES string of the molecule is CCC(CC)c1c(CN)nnn1-c1ccc(F)c(Cl)c1. The Morgan fingerprint density at radius 2 is 2.05 bits per heavy atom. The second-order valence-corrected chi connectivity index (χ2v) is 5.06. The van der Waals surface area contributed by atoms with Gasteiger partial charge in [0.25, 0.3) is 0 Å². The quantitative estimate of drug-likeness (QED) is 0.919. The Balaban J connectivity index is 2.56. The van der Waals surface area contributed by atoms with Crippen LogP contribution in [0.25, 0.3) is 5.69 Å². The molecule has 0 aliphatic heterocycles. The van der Waals surface area contributed by atoms with E-state index in [2.05, 4.69) is 24.2 Å². The predicted octanol–water partition coefficient (Wildman–Crippen LogP) is 3.42. The molecule has 1 aromatic heterocycles. The lowest BCUT2D eigenvalue weighted by Crippen LogP contribution is -2.10. The third-order valence-corrected chi connectivity index (χ3v) is 3.78. The fourth-order valence-corrected chi connectivity index (χ4v) is 2.53. The van der Waals surface area contributed by atoms with Crippen LogP contribution in [0.5, 0.6) is 0 Å². The number of nitrogens with two attached hydrogens (primary N) is 1. The van der Waals surface area contributed by atoms with Crippen molar-refractivity contribution in [3.63, 3.8) is 0 Å². The second kappa shape index (κ2) is 6.33. The summed E-state index contributed by atoms with van der Waals surface area (Å²) in [5, 5.41) is 8.35. The first-order chi connectivity index (χ1) is 9.62. The first kappa shape index (κ1) is 14.9. The van der Waals surface area contributed by atoms with Gasteiger partial charge in [0, 0.05) is 12.5 Å². The van der Waals surface area contributed by atoms with Crippen molar-refractivity contribution in [3.05, 3.63) is 40.4 Å². The van der Waals surface area contributed by atoms with E-state index in [0.717, 1.165) is 24.2 Å². The van der Waals surface area contributed by atoms with Crippen molar-refractivity contribution in [2.24, 2.45) is 5.73 Å². The highest BCUT2D eigenvalue weighted by molar-refractivity contribution is 6.30. The summed E-state index contributed by atoms with van der Waals surface area (Å²) >= 11 is 5.84. The van der Waals surface area contributed by atoms with Crippen LogP contribution >= 0.6 is 11.6 Å². The standard InChI is InChI=1S/C14H18ClFN4/c1-3-9(4-2)14-13(8-17)18-19-20(14)10-5-6-12(16)11(15)7-10/h5-7,9H,3-4,8,17H2,1-2H3. The zero-order valence-electron chi connectivity index (χ0n) is 11.6. The monoisotopic (exact) mass is 296 g/mol. The van der Waals surface area contributed by atoms with Crippen molar-refractivity contribution in [2.45, 2.75) is 39.2 Å². The van der Waals surface area contributed by atoms with Crippen LogP contribution in [0.2, 0.25) is 5.02 Å². The highest BCUT2D eigenvalue weighted by atomic mass is 35.5. The number of nitrogens with zero attached hydrogens (tertiary/aromatic N) is 3. The molecular weight excluding hydrogens is 279 g/mol. The molecule has 6 heteroatoms. The molecule has 2 rings (SSSR count). The average molecular weight is 297 g/mol. The summed E-state index contributed by atoms with van der Waals surface area (Å²) in [5.41, 5.74) is 8.20. The number of hydrogen-bond acceptors (Lipinski definition) is 3. The molecule has 4 nitrogen and oxygen atoms in total. The van der Waals surface area contributed by atoms with E-state index in [9.17, 15) is 4.39 Å². The first-order valence-electron chi connectivity index (χ1n) is 6.72. The first-order valence-corrected chi connectivity index (χ1v) is 7.10. The van der Waals surface area contributed by atoms with Crippen molar-refractivity contribution in [1.82, 2.24) is 15.0 Å². The molecule has 2 N–H and O–H groups in total. The Morgan fingerprint density at radius 3 is 2.60 bits per heavy atom. The number of benzene rings is 1. The molecule has 0 saturated heterocycles. The molecule has 0 unspecified atom stereocenters. The summed E-state index contributed by atoms with van der Waals surface area (Å²) in [6.07, 6.45) is 1.93. The molecule has 0 aliphatic rings. The van der Waals surface area contributed by atoms with Gasteiger partial charge in [-0.2, -0.15) is 0 Å². The van der Waals surface area contributed by atoms with Crippen molar-refractivity contribution >= 4 is 11.6 Å². The van der Waals surface area contributed by atoms with Crippen molar-refractivity contribution < 1.29 is 4.39 Å². The maximum atomic E-state index is 13.3. The molecule has 0 spiro atoms. The van der Waals surface area contributed by atoms with E-state index in [0.29, 0.717) is 18.2 Å². The minimum Gasteiger partial charge on any atom is -0.325 e. The van der Waals surface area contributed by atoms with Crippen LogP contribution in [-0.4, -0.2) is 15.0 Å². The molecule has 1 aromatic carbocycles. The average Bonchev–Trinajstić information content (AvgIpc) is 2.87. The summed E-state index contributed by atoms with van der Waals surface area (Å²) in [6, 6.07) is 4.53. The van der Waals surface area contributed by atoms with E-state index in [1.54, 1.807) is 16.8 Å². The largest absolute Gasteiger partial charge is 0.325 e. The summed E-state index contributed by atoms with van der Waals surface area (Å²) < 4.78 is 15.0. The molecule has 108 valence electrons. The van der Waals surface area contributed by atoms with Gasteiger partial charge in [-0.3, -0.25) is 0 Å². The molecular formula is C14H18ClFN4. The lowest BCUT2D eigenvalue weighted by atomic mass is 9.97. The topological polar surface area (TPSA) is 56.7 Å². The summed E-state index contributed by atoms with van der Waals surface area (Å²) in [4.78, 5) is 0. The molecule has 1 heterocycles. The molecule has 20 heavy (non-hydrogen) atoms. The molecule has 0 bridgehead atoms. The maximum absolute atomic E-state index is 13.3. The molecule has 0 aliphatic carbocycles. The number of rotatable bonds is 5.